The van der Waals surface area contributed by atoms with Gasteiger partial charge in [-0.3, -0.25) is 14.4 Å². The molecule has 0 aromatic carbocycles. The number of piperidine rings is 3. The van der Waals surface area contributed by atoms with E-state index < -0.39 is 0 Å². The van der Waals surface area contributed by atoms with E-state index in [1.54, 1.807) is 0 Å². The van der Waals surface area contributed by atoms with Gasteiger partial charge in [0.05, 0.1) is 10.6 Å². The van der Waals surface area contributed by atoms with Gasteiger partial charge >= 0.3 is 0 Å². The number of nitrogens with one attached hydrogen (secondary N) is 1. The molecule has 2 bridgehead atoms. The number of aromatic nitrogens is 2. The summed E-state index contributed by atoms with van der Waals surface area (Å²) in [6.07, 6.45) is 7.78. The van der Waals surface area contributed by atoms with Crippen LogP contribution in [0.5, 0.6) is 0 Å². The number of nitrogens with zero attached hydrogens (tertiary/aromatic N) is 3. The van der Waals surface area contributed by atoms with Crippen LogP contribution in [0.15, 0.2) is 23.6 Å². The van der Waals surface area contributed by atoms with Gasteiger partial charge in [0, 0.05) is 43.7 Å². The second-order valence-corrected chi connectivity index (χ2v) is 9.77. The number of thiophene rings is 1. The Labute approximate surface area is 171 Å². The van der Waals surface area contributed by atoms with E-state index >= 15 is 0 Å². The van der Waals surface area contributed by atoms with Crippen molar-refractivity contribution >= 4 is 17.2 Å². The Bertz CT molecular complexity index is 824. The number of aryl methyl sites for hydroxylation is 1. The third-order valence-corrected chi connectivity index (χ3v) is 8.08. The average molecular weight is 399 g/mol. The molecule has 1 saturated carbocycles. The van der Waals surface area contributed by atoms with Gasteiger partial charge in [0.25, 0.3) is 5.91 Å². The number of rotatable bonds is 5. The first kappa shape index (κ1) is 18.4. The second kappa shape index (κ2) is 7.64. The van der Waals surface area contributed by atoms with Gasteiger partial charge in [-0.1, -0.05) is 18.9 Å². The van der Waals surface area contributed by atoms with Gasteiger partial charge in [0.15, 0.2) is 0 Å². The number of carbonyl (C=O) groups excluding carboxylic acids is 1. The summed E-state index contributed by atoms with van der Waals surface area (Å²) in [6, 6.07) is 6.72. The van der Waals surface area contributed by atoms with Crippen LogP contribution < -0.4 is 5.32 Å². The minimum Gasteiger partial charge on any atom is -0.350 e. The standard InChI is InChI=1S/C22H30N4OS/c1-25-20(12-19(24-25)15-5-2-3-6-15)18-14-26-9-8-16(18)11-17(26)13-23-22(27)21-7-4-10-28-21/h4,7,10,12,15-18H,2-3,5-6,8-9,11,13-14H2,1H3,(H,23,27)/t16-,17+,18+/m0/s1. The number of fused-ring (bicyclic) bond motifs is 3. The smallest absolute Gasteiger partial charge is 0.261 e. The molecular weight excluding hydrogens is 368 g/mol. The van der Waals surface area contributed by atoms with Gasteiger partial charge in [0.2, 0.25) is 0 Å². The molecule has 4 fully saturated rings. The molecule has 0 radical (unpaired) electrons. The molecule has 150 valence electrons. The molecule has 0 spiro atoms. The summed E-state index contributed by atoms with van der Waals surface area (Å²) in [5, 5.41) is 10.0. The summed E-state index contributed by atoms with van der Waals surface area (Å²) >= 11 is 1.51. The van der Waals surface area contributed by atoms with Gasteiger partial charge < -0.3 is 5.32 Å². The molecule has 6 rings (SSSR count). The van der Waals surface area contributed by atoms with Crippen LogP contribution in [0.3, 0.4) is 0 Å². The van der Waals surface area contributed by atoms with Crippen molar-refractivity contribution in [1.82, 2.24) is 20.0 Å². The zero-order valence-electron chi connectivity index (χ0n) is 16.6. The molecule has 2 aromatic rings. The maximum absolute atomic E-state index is 12.3. The Kier molecular flexibility index (Phi) is 5.01. The Hall–Kier alpha value is -1.66. The van der Waals surface area contributed by atoms with E-state index in [1.165, 1.54) is 61.2 Å². The molecule has 1 amide bonds. The highest BCUT2D eigenvalue weighted by Crippen LogP contribution is 2.43. The highest BCUT2D eigenvalue weighted by molar-refractivity contribution is 7.12. The minimum absolute atomic E-state index is 0.0713. The lowest BCUT2D eigenvalue weighted by Crippen LogP contribution is -2.56. The average Bonchev–Trinajstić information content (AvgIpc) is 3.47. The van der Waals surface area contributed by atoms with Gasteiger partial charge in [-0.05, 0) is 55.7 Å². The van der Waals surface area contributed by atoms with E-state index in [-0.39, 0.29) is 5.91 Å². The first-order valence-electron chi connectivity index (χ1n) is 10.8. The highest BCUT2D eigenvalue weighted by Gasteiger charge is 2.42. The molecule has 5 heterocycles. The Balaban J connectivity index is 1.24. The zero-order chi connectivity index (χ0) is 19.1. The first-order valence-corrected chi connectivity index (χ1v) is 11.7. The minimum atomic E-state index is 0.0713. The van der Waals surface area contributed by atoms with Crippen LogP contribution in [0.2, 0.25) is 0 Å². The number of amides is 1. The summed E-state index contributed by atoms with van der Waals surface area (Å²) in [5.41, 5.74) is 2.75. The van der Waals surface area contributed by atoms with Crippen LogP contribution in [0, 0.1) is 5.92 Å². The van der Waals surface area contributed by atoms with Gasteiger partial charge in [-0.2, -0.15) is 5.10 Å². The lowest BCUT2D eigenvalue weighted by Gasteiger charge is -2.50. The number of hydrogen-bond donors (Lipinski definition) is 1. The van der Waals surface area contributed by atoms with E-state index in [4.69, 9.17) is 5.10 Å². The predicted octanol–water partition coefficient (Wildman–Crippen LogP) is 3.75. The van der Waals surface area contributed by atoms with Gasteiger partial charge in [0.1, 0.15) is 0 Å². The number of carbonyl (C=O) groups is 1. The summed E-state index contributed by atoms with van der Waals surface area (Å²) in [5.74, 6) is 2.05. The van der Waals surface area contributed by atoms with E-state index in [9.17, 15) is 4.79 Å². The monoisotopic (exact) mass is 398 g/mol. The van der Waals surface area contributed by atoms with E-state index in [1.807, 2.05) is 17.5 Å². The molecular formula is C22H30N4OS. The van der Waals surface area contributed by atoms with Crippen LogP contribution in [0.4, 0.5) is 0 Å². The summed E-state index contributed by atoms with van der Waals surface area (Å²) in [4.78, 5) is 15.7. The molecule has 5 nitrogen and oxygen atoms in total. The van der Waals surface area contributed by atoms with Crippen molar-refractivity contribution in [3.8, 4) is 0 Å². The van der Waals surface area contributed by atoms with Crippen LogP contribution in [-0.4, -0.2) is 46.3 Å². The van der Waals surface area contributed by atoms with Gasteiger partial charge in [-0.25, -0.2) is 0 Å². The zero-order valence-corrected chi connectivity index (χ0v) is 17.5. The van der Waals surface area contributed by atoms with Crippen LogP contribution in [0.25, 0.3) is 0 Å². The van der Waals surface area contributed by atoms with Crippen molar-refractivity contribution in [2.24, 2.45) is 13.0 Å². The Morgan fingerprint density at radius 2 is 2.18 bits per heavy atom. The molecule has 2 aromatic heterocycles. The van der Waals surface area contributed by atoms with E-state index in [0.29, 0.717) is 23.8 Å². The molecule has 1 unspecified atom stereocenters. The van der Waals surface area contributed by atoms with Crippen molar-refractivity contribution in [3.63, 3.8) is 0 Å². The fourth-order valence-electron chi connectivity index (χ4n) is 5.66. The van der Waals surface area contributed by atoms with Gasteiger partial charge in [-0.15, -0.1) is 11.3 Å². The number of hydrogen-bond acceptors (Lipinski definition) is 4. The van der Waals surface area contributed by atoms with Crippen molar-refractivity contribution in [2.45, 2.75) is 56.4 Å². The van der Waals surface area contributed by atoms with Crippen LogP contribution in [0.1, 0.15) is 71.4 Å². The lowest BCUT2D eigenvalue weighted by atomic mass is 9.74. The second-order valence-electron chi connectivity index (χ2n) is 8.83. The fourth-order valence-corrected chi connectivity index (χ4v) is 6.30. The topological polar surface area (TPSA) is 50.2 Å². The summed E-state index contributed by atoms with van der Waals surface area (Å²) < 4.78 is 2.16. The maximum atomic E-state index is 12.3. The largest absolute Gasteiger partial charge is 0.350 e. The van der Waals surface area contributed by atoms with Crippen molar-refractivity contribution < 1.29 is 4.79 Å². The summed E-state index contributed by atoms with van der Waals surface area (Å²) in [7, 11) is 2.13. The molecule has 3 aliphatic heterocycles. The summed E-state index contributed by atoms with van der Waals surface area (Å²) in [6.45, 7) is 3.03. The van der Waals surface area contributed by atoms with E-state index in [0.717, 1.165) is 24.5 Å². The van der Waals surface area contributed by atoms with Crippen LogP contribution >= 0.6 is 11.3 Å². The molecule has 4 atom stereocenters. The molecule has 3 saturated heterocycles. The van der Waals surface area contributed by atoms with Crippen LogP contribution in [-0.2, 0) is 7.05 Å². The Morgan fingerprint density at radius 1 is 1.32 bits per heavy atom. The van der Waals surface area contributed by atoms with Crippen molar-refractivity contribution in [3.05, 3.63) is 39.8 Å². The molecule has 6 heteroatoms. The molecule has 28 heavy (non-hydrogen) atoms. The lowest BCUT2D eigenvalue weighted by molar-refractivity contribution is 0.0280. The molecule has 1 aliphatic carbocycles. The third kappa shape index (κ3) is 3.41. The molecule has 1 N–H and O–H groups in total. The first-order chi connectivity index (χ1) is 13.7. The molecule has 4 aliphatic rings. The Morgan fingerprint density at radius 3 is 2.89 bits per heavy atom. The maximum Gasteiger partial charge on any atom is 0.261 e. The quantitative estimate of drug-likeness (QED) is 0.835. The van der Waals surface area contributed by atoms with Crippen molar-refractivity contribution in [1.29, 1.82) is 0 Å². The highest BCUT2D eigenvalue weighted by atomic mass is 32.1. The predicted molar refractivity (Wildman–Crippen MR) is 112 cm³/mol. The normalized spacial score (nSPS) is 30.0. The van der Waals surface area contributed by atoms with Crippen molar-refractivity contribution in [2.75, 3.05) is 19.6 Å². The SMILES string of the molecule is Cn1nc(C2CCCC2)cc1[C@@H]1CN2CC[C@H]1C[C@@H]2CNC(=O)c1cccs1. The van der Waals surface area contributed by atoms with E-state index in [2.05, 4.69) is 28.0 Å². The fraction of sp³-hybridized carbons (Fsp3) is 0.636. The third-order valence-electron chi connectivity index (χ3n) is 7.21.